The van der Waals surface area contributed by atoms with Crippen LogP contribution in [0, 0.1) is 0 Å². The zero-order valence-electron chi connectivity index (χ0n) is 12.7. The smallest absolute Gasteiger partial charge is 0.238 e. The number of hydrogen-bond donors (Lipinski definition) is 1. The molecule has 1 saturated heterocycles. The summed E-state index contributed by atoms with van der Waals surface area (Å²) in [6, 6.07) is 0. The average molecular weight is 279 g/mol. The number of rotatable bonds is 6. The van der Waals surface area contributed by atoms with E-state index in [1.54, 1.807) is 19.5 Å². The Balaban J connectivity index is 2.37. The minimum absolute atomic E-state index is 0.278. The van der Waals surface area contributed by atoms with Crippen LogP contribution in [0.5, 0.6) is 5.88 Å². The molecule has 2 rings (SSSR count). The first-order valence-electron chi connectivity index (χ1n) is 7.47. The van der Waals surface area contributed by atoms with Crippen LogP contribution in [0.25, 0.3) is 0 Å². The van der Waals surface area contributed by atoms with Crippen molar-refractivity contribution in [2.75, 3.05) is 20.2 Å². The second-order valence-corrected chi connectivity index (χ2v) is 5.36. The lowest BCUT2D eigenvalue weighted by Gasteiger charge is -2.44. The van der Waals surface area contributed by atoms with Gasteiger partial charge in [0.25, 0.3) is 0 Å². The number of aromatic nitrogens is 2. The van der Waals surface area contributed by atoms with Crippen LogP contribution in [0.1, 0.15) is 51.3 Å². The van der Waals surface area contributed by atoms with Gasteiger partial charge in [-0.3, -0.25) is 9.88 Å². The molecule has 0 bridgehead atoms. The number of aliphatic hydroxyl groups excluding tert-OH is 1. The molecule has 1 atom stereocenters. The zero-order valence-corrected chi connectivity index (χ0v) is 12.7. The van der Waals surface area contributed by atoms with Gasteiger partial charge in [-0.15, -0.1) is 0 Å². The third kappa shape index (κ3) is 2.52. The number of hydrogen-bond acceptors (Lipinski definition) is 5. The first-order chi connectivity index (χ1) is 9.69. The number of likely N-dealkylation sites (tertiary alicyclic amines) is 1. The van der Waals surface area contributed by atoms with Gasteiger partial charge in [-0.05, 0) is 38.8 Å². The molecule has 0 aliphatic carbocycles. The second-order valence-electron chi connectivity index (χ2n) is 5.36. The Bertz CT molecular complexity index is 429. The predicted octanol–water partition coefficient (Wildman–Crippen LogP) is 2.17. The fourth-order valence-corrected chi connectivity index (χ4v) is 3.35. The number of nitrogens with zero attached hydrogens (tertiary/aromatic N) is 3. The summed E-state index contributed by atoms with van der Waals surface area (Å²) in [5, 5.41) is 11.0. The Morgan fingerprint density at radius 3 is 2.40 bits per heavy atom. The fourth-order valence-electron chi connectivity index (χ4n) is 3.35. The van der Waals surface area contributed by atoms with E-state index in [0.717, 1.165) is 25.9 Å². The van der Waals surface area contributed by atoms with Crippen molar-refractivity contribution in [3.8, 4) is 5.88 Å². The molecule has 0 radical (unpaired) electrons. The highest BCUT2D eigenvalue weighted by Gasteiger charge is 2.44. The van der Waals surface area contributed by atoms with Gasteiger partial charge in [0.2, 0.25) is 5.88 Å². The fraction of sp³-hybridized carbons (Fsp3) is 0.733. The molecule has 112 valence electrons. The molecular formula is C15H25N3O2. The molecule has 0 amide bonds. The highest BCUT2D eigenvalue weighted by molar-refractivity contribution is 5.23. The minimum atomic E-state index is -0.681. The summed E-state index contributed by atoms with van der Waals surface area (Å²) in [6.07, 6.45) is 6.68. The Morgan fingerprint density at radius 2 is 1.85 bits per heavy atom. The molecule has 1 fully saturated rings. The lowest BCUT2D eigenvalue weighted by molar-refractivity contribution is -0.0330. The summed E-state index contributed by atoms with van der Waals surface area (Å²) in [5.41, 5.74) is 0.269. The molecule has 0 saturated carbocycles. The van der Waals surface area contributed by atoms with Crippen molar-refractivity contribution in [3.63, 3.8) is 0 Å². The molecule has 2 heterocycles. The van der Waals surface area contributed by atoms with Crippen molar-refractivity contribution in [3.05, 3.63) is 18.1 Å². The van der Waals surface area contributed by atoms with Crippen molar-refractivity contribution >= 4 is 0 Å². The number of methoxy groups -OCH3 is 1. The molecule has 1 N–H and O–H groups in total. The van der Waals surface area contributed by atoms with Gasteiger partial charge in [0.1, 0.15) is 11.8 Å². The Kier molecular flexibility index (Phi) is 4.94. The van der Waals surface area contributed by atoms with Crippen LogP contribution in [-0.2, 0) is 0 Å². The summed E-state index contributed by atoms with van der Waals surface area (Å²) >= 11 is 0. The third-order valence-corrected chi connectivity index (χ3v) is 4.61. The van der Waals surface area contributed by atoms with E-state index in [9.17, 15) is 5.11 Å². The quantitative estimate of drug-likeness (QED) is 0.865. The standard InChI is InChI=1S/C15H25N3O2/c1-4-15(5-2,18-10-6-7-11-18)13(19)12-14(20-3)17-9-8-16-12/h8-9,13,19H,4-7,10-11H2,1-3H3. The molecule has 20 heavy (non-hydrogen) atoms. The average Bonchev–Trinajstić information content (AvgIpc) is 3.03. The van der Waals surface area contributed by atoms with Gasteiger partial charge in [-0.25, -0.2) is 4.98 Å². The van der Waals surface area contributed by atoms with Gasteiger partial charge in [0.15, 0.2) is 0 Å². The lowest BCUT2D eigenvalue weighted by atomic mass is 9.83. The second kappa shape index (κ2) is 6.50. The molecule has 0 aromatic carbocycles. The minimum Gasteiger partial charge on any atom is -0.480 e. The van der Waals surface area contributed by atoms with Crippen LogP contribution in [-0.4, -0.2) is 45.7 Å². The van der Waals surface area contributed by atoms with E-state index in [1.807, 2.05) is 0 Å². The van der Waals surface area contributed by atoms with Crippen molar-refractivity contribution < 1.29 is 9.84 Å². The van der Waals surface area contributed by atoms with E-state index < -0.39 is 6.10 Å². The van der Waals surface area contributed by atoms with Crippen molar-refractivity contribution in [2.45, 2.75) is 51.2 Å². The Morgan fingerprint density at radius 1 is 1.25 bits per heavy atom. The molecule has 1 aliphatic heterocycles. The molecule has 0 spiro atoms. The molecule has 5 heteroatoms. The SMILES string of the molecule is CCC(CC)(C(O)c1nccnc1OC)N1CCCC1. The van der Waals surface area contributed by atoms with E-state index in [-0.39, 0.29) is 5.54 Å². The molecule has 1 aliphatic rings. The molecule has 5 nitrogen and oxygen atoms in total. The van der Waals surface area contributed by atoms with Crippen molar-refractivity contribution in [2.24, 2.45) is 0 Å². The van der Waals surface area contributed by atoms with Gasteiger partial charge >= 0.3 is 0 Å². The summed E-state index contributed by atoms with van der Waals surface area (Å²) in [5.74, 6) is 0.422. The molecule has 1 aromatic rings. The van der Waals surface area contributed by atoms with E-state index in [0.29, 0.717) is 11.6 Å². The molecular weight excluding hydrogens is 254 g/mol. The van der Waals surface area contributed by atoms with Crippen LogP contribution in [0.4, 0.5) is 0 Å². The topological polar surface area (TPSA) is 58.5 Å². The lowest BCUT2D eigenvalue weighted by Crippen LogP contribution is -2.51. The summed E-state index contributed by atoms with van der Waals surface area (Å²) in [4.78, 5) is 10.9. The highest BCUT2D eigenvalue weighted by atomic mass is 16.5. The predicted molar refractivity (Wildman–Crippen MR) is 77.7 cm³/mol. The maximum absolute atomic E-state index is 11.0. The molecule has 1 unspecified atom stereocenters. The maximum atomic E-state index is 11.0. The van der Waals surface area contributed by atoms with Gasteiger partial charge in [0.05, 0.1) is 12.6 Å². The molecule has 1 aromatic heterocycles. The Labute approximate surface area is 121 Å². The van der Waals surface area contributed by atoms with E-state index in [2.05, 4.69) is 28.7 Å². The van der Waals surface area contributed by atoms with Crippen LogP contribution in [0.3, 0.4) is 0 Å². The third-order valence-electron chi connectivity index (χ3n) is 4.61. The van der Waals surface area contributed by atoms with Gasteiger partial charge < -0.3 is 9.84 Å². The summed E-state index contributed by atoms with van der Waals surface area (Å²) in [6.45, 7) is 6.35. The largest absolute Gasteiger partial charge is 0.480 e. The van der Waals surface area contributed by atoms with Crippen LogP contribution in [0.2, 0.25) is 0 Å². The maximum Gasteiger partial charge on any atom is 0.238 e. The van der Waals surface area contributed by atoms with Crippen molar-refractivity contribution in [1.29, 1.82) is 0 Å². The summed E-state index contributed by atoms with van der Waals surface area (Å²) < 4.78 is 5.26. The van der Waals surface area contributed by atoms with Gasteiger partial charge in [-0.2, -0.15) is 0 Å². The van der Waals surface area contributed by atoms with E-state index >= 15 is 0 Å². The zero-order chi connectivity index (χ0) is 14.6. The normalized spacial score (nSPS) is 18.2. The van der Waals surface area contributed by atoms with Crippen LogP contribution < -0.4 is 4.74 Å². The Hall–Kier alpha value is -1.20. The van der Waals surface area contributed by atoms with E-state index in [1.165, 1.54) is 12.8 Å². The number of aliphatic hydroxyl groups is 1. The van der Waals surface area contributed by atoms with Gasteiger partial charge in [0, 0.05) is 12.4 Å². The monoisotopic (exact) mass is 279 g/mol. The van der Waals surface area contributed by atoms with Crippen LogP contribution in [0.15, 0.2) is 12.4 Å². The first kappa shape index (κ1) is 15.2. The van der Waals surface area contributed by atoms with Crippen molar-refractivity contribution in [1.82, 2.24) is 14.9 Å². The number of ether oxygens (including phenoxy) is 1. The summed E-state index contributed by atoms with van der Waals surface area (Å²) in [7, 11) is 1.57. The van der Waals surface area contributed by atoms with E-state index in [4.69, 9.17) is 4.74 Å². The van der Waals surface area contributed by atoms with Crippen LogP contribution >= 0.6 is 0 Å². The first-order valence-corrected chi connectivity index (χ1v) is 7.47. The highest BCUT2D eigenvalue weighted by Crippen LogP contribution is 2.40. The van der Waals surface area contributed by atoms with Gasteiger partial charge in [-0.1, -0.05) is 13.8 Å².